The van der Waals surface area contributed by atoms with Crippen molar-refractivity contribution in [1.82, 2.24) is 14.9 Å². The van der Waals surface area contributed by atoms with Crippen LogP contribution in [0.25, 0.3) is 0 Å². The fourth-order valence-electron chi connectivity index (χ4n) is 2.55. The van der Waals surface area contributed by atoms with Gasteiger partial charge in [0.1, 0.15) is 0 Å². The zero-order valence-electron chi connectivity index (χ0n) is 15.0. The minimum Gasteiger partial charge on any atom is -0.338 e. The van der Waals surface area contributed by atoms with E-state index in [1.807, 2.05) is 56.0 Å². The lowest BCUT2D eigenvalue weighted by Gasteiger charge is -2.24. The topological polar surface area (TPSA) is 66.1 Å². The van der Waals surface area contributed by atoms with Crippen molar-refractivity contribution in [2.45, 2.75) is 50.6 Å². The second kappa shape index (κ2) is 9.42. The van der Waals surface area contributed by atoms with E-state index in [-0.39, 0.29) is 16.7 Å². The van der Waals surface area contributed by atoms with Crippen molar-refractivity contribution in [3.8, 4) is 0 Å². The molecule has 0 bridgehead atoms. The maximum Gasteiger partial charge on any atom is 0.251 e. The number of nitrogens with one attached hydrogen (secondary N) is 1. The highest BCUT2D eigenvalue weighted by atomic mass is 32.2. The third kappa shape index (κ3) is 5.74. The number of aromatic amines is 1. The summed E-state index contributed by atoms with van der Waals surface area (Å²) in [7, 11) is 0. The van der Waals surface area contributed by atoms with Crippen molar-refractivity contribution in [1.29, 1.82) is 0 Å². The summed E-state index contributed by atoms with van der Waals surface area (Å²) in [5.74, 6) is 0.0416. The van der Waals surface area contributed by atoms with Crippen LogP contribution in [0.5, 0.6) is 0 Å². The lowest BCUT2D eigenvalue weighted by molar-refractivity contribution is -0.130. The molecule has 134 valence electrons. The van der Waals surface area contributed by atoms with Crippen molar-refractivity contribution in [3.63, 3.8) is 0 Å². The number of aryl methyl sites for hydroxylation is 1. The molecule has 0 aliphatic carbocycles. The summed E-state index contributed by atoms with van der Waals surface area (Å²) in [5, 5.41) is 0.191. The molecule has 5 nitrogen and oxygen atoms in total. The number of hydrogen-bond acceptors (Lipinski definition) is 4. The molecule has 1 N–H and O–H groups in total. The van der Waals surface area contributed by atoms with Crippen molar-refractivity contribution in [2.24, 2.45) is 0 Å². The number of rotatable bonds is 8. The number of hydrogen-bond donors (Lipinski definition) is 1. The van der Waals surface area contributed by atoms with Gasteiger partial charge in [0.15, 0.2) is 5.16 Å². The van der Waals surface area contributed by atoms with Crippen LogP contribution >= 0.6 is 11.8 Å². The van der Waals surface area contributed by atoms with Crippen LogP contribution in [0.2, 0.25) is 0 Å². The van der Waals surface area contributed by atoms with Gasteiger partial charge in [0.25, 0.3) is 5.56 Å². The van der Waals surface area contributed by atoms with E-state index in [9.17, 15) is 9.59 Å². The molecule has 25 heavy (non-hydrogen) atoms. The van der Waals surface area contributed by atoms with E-state index in [2.05, 4.69) is 9.97 Å². The minimum absolute atomic E-state index is 0.0416. The van der Waals surface area contributed by atoms with Gasteiger partial charge in [-0.25, -0.2) is 4.98 Å². The zero-order chi connectivity index (χ0) is 18.2. The van der Waals surface area contributed by atoms with Gasteiger partial charge in [-0.05, 0) is 25.8 Å². The Morgan fingerprint density at radius 2 is 2.00 bits per heavy atom. The average molecular weight is 359 g/mol. The Morgan fingerprint density at radius 3 is 2.64 bits per heavy atom. The first kappa shape index (κ1) is 19.2. The van der Waals surface area contributed by atoms with E-state index in [0.29, 0.717) is 18.2 Å². The zero-order valence-corrected chi connectivity index (χ0v) is 15.8. The van der Waals surface area contributed by atoms with Crippen LogP contribution in [0.4, 0.5) is 0 Å². The van der Waals surface area contributed by atoms with Crippen LogP contribution in [0, 0.1) is 0 Å². The van der Waals surface area contributed by atoms with Gasteiger partial charge in [0.05, 0.1) is 5.25 Å². The Bertz CT molecular complexity index is 746. The van der Waals surface area contributed by atoms with Gasteiger partial charge in [-0.15, -0.1) is 0 Å². The Morgan fingerprint density at radius 1 is 1.28 bits per heavy atom. The van der Waals surface area contributed by atoms with E-state index in [4.69, 9.17) is 0 Å². The number of benzene rings is 1. The summed E-state index contributed by atoms with van der Waals surface area (Å²) in [6.45, 7) is 7.09. The Kier molecular flexibility index (Phi) is 7.25. The molecule has 1 aromatic heterocycles. The quantitative estimate of drug-likeness (QED) is 0.580. The molecule has 6 heteroatoms. The predicted octanol–water partition coefficient (Wildman–Crippen LogP) is 3.25. The standard InChI is InChI=1S/C19H25N3O2S/c1-4-9-16-12-17(23)21-19(20-16)25-14(3)18(24)22(5-2)13-15-10-7-6-8-11-15/h6-8,10-12,14H,4-5,9,13H2,1-3H3,(H,20,21,23). The van der Waals surface area contributed by atoms with E-state index < -0.39 is 0 Å². The highest BCUT2D eigenvalue weighted by Gasteiger charge is 2.21. The largest absolute Gasteiger partial charge is 0.338 e. The third-order valence-corrected chi connectivity index (χ3v) is 4.80. The van der Waals surface area contributed by atoms with E-state index in [0.717, 1.165) is 24.1 Å². The number of carbonyl (C=O) groups excluding carboxylic acids is 1. The molecule has 0 saturated heterocycles. The molecule has 0 aliphatic heterocycles. The van der Waals surface area contributed by atoms with Gasteiger partial charge in [0, 0.05) is 24.8 Å². The summed E-state index contributed by atoms with van der Waals surface area (Å²) in [5.41, 5.74) is 1.70. The van der Waals surface area contributed by atoms with Crippen molar-refractivity contribution < 1.29 is 4.79 Å². The van der Waals surface area contributed by atoms with E-state index >= 15 is 0 Å². The monoisotopic (exact) mass is 359 g/mol. The Balaban J connectivity index is 2.06. The molecular weight excluding hydrogens is 334 g/mol. The summed E-state index contributed by atoms with van der Waals surface area (Å²) >= 11 is 1.30. The first-order chi connectivity index (χ1) is 12.0. The molecule has 1 atom stereocenters. The lowest BCUT2D eigenvalue weighted by Crippen LogP contribution is -2.36. The van der Waals surface area contributed by atoms with Gasteiger partial charge in [-0.1, -0.05) is 55.4 Å². The van der Waals surface area contributed by atoms with Crippen molar-refractivity contribution >= 4 is 17.7 Å². The van der Waals surface area contributed by atoms with Gasteiger partial charge in [-0.3, -0.25) is 9.59 Å². The normalized spacial score (nSPS) is 12.0. The lowest BCUT2D eigenvalue weighted by atomic mass is 10.2. The first-order valence-electron chi connectivity index (χ1n) is 8.63. The fourth-order valence-corrected chi connectivity index (χ4v) is 3.46. The second-order valence-electron chi connectivity index (χ2n) is 5.89. The van der Waals surface area contributed by atoms with Crippen LogP contribution in [0.1, 0.15) is 38.4 Å². The van der Waals surface area contributed by atoms with Gasteiger partial charge in [-0.2, -0.15) is 0 Å². The van der Waals surface area contributed by atoms with Crippen LogP contribution < -0.4 is 5.56 Å². The molecule has 1 amide bonds. The molecule has 0 saturated carbocycles. The smallest absolute Gasteiger partial charge is 0.251 e. The number of carbonyl (C=O) groups is 1. The van der Waals surface area contributed by atoms with Gasteiger partial charge in [0.2, 0.25) is 5.91 Å². The third-order valence-electron chi connectivity index (χ3n) is 3.82. The highest BCUT2D eigenvalue weighted by Crippen LogP contribution is 2.21. The first-order valence-corrected chi connectivity index (χ1v) is 9.51. The Hall–Kier alpha value is -2.08. The summed E-state index contributed by atoms with van der Waals surface area (Å²) in [4.78, 5) is 33.5. The maximum absolute atomic E-state index is 12.8. The molecule has 0 aliphatic rings. The number of aromatic nitrogens is 2. The maximum atomic E-state index is 12.8. The highest BCUT2D eigenvalue weighted by molar-refractivity contribution is 8.00. The predicted molar refractivity (Wildman–Crippen MR) is 102 cm³/mol. The Labute approximate surface area is 152 Å². The number of nitrogens with zero attached hydrogens (tertiary/aromatic N) is 2. The molecule has 2 aromatic rings. The summed E-state index contributed by atoms with van der Waals surface area (Å²) in [6.07, 6.45) is 1.69. The van der Waals surface area contributed by atoms with Crippen LogP contribution in [0.3, 0.4) is 0 Å². The van der Waals surface area contributed by atoms with Gasteiger partial charge >= 0.3 is 0 Å². The van der Waals surface area contributed by atoms with Crippen molar-refractivity contribution in [2.75, 3.05) is 6.54 Å². The molecular formula is C19H25N3O2S. The molecule has 0 spiro atoms. The van der Waals surface area contributed by atoms with Crippen LogP contribution in [0.15, 0.2) is 46.3 Å². The van der Waals surface area contributed by atoms with Crippen LogP contribution in [-0.2, 0) is 17.8 Å². The van der Waals surface area contributed by atoms with E-state index in [1.165, 1.54) is 17.8 Å². The molecule has 1 unspecified atom stereocenters. The fraction of sp³-hybridized carbons (Fsp3) is 0.421. The summed E-state index contributed by atoms with van der Waals surface area (Å²) < 4.78 is 0. The molecule has 0 fully saturated rings. The molecule has 2 rings (SSSR count). The molecule has 1 aromatic carbocycles. The van der Waals surface area contributed by atoms with Crippen molar-refractivity contribution in [3.05, 3.63) is 58.0 Å². The minimum atomic E-state index is -0.316. The number of H-pyrrole nitrogens is 1. The summed E-state index contributed by atoms with van der Waals surface area (Å²) in [6, 6.07) is 11.5. The molecule has 0 radical (unpaired) electrons. The number of thioether (sulfide) groups is 1. The second-order valence-corrected chi connectivity index (χ2v) is 7.22. The van der Waals surface area contributed by atoms with Crippen LogP contribution in [-0.4, -0.2) is 32.6 Å². The van der Waals surface area contributed by atoms with E-state index in [1.54, 1.807) is 0 Å². The average Bonchev–Trinajstić information content (AvgIpc) is 2.59. The van der Waals surface area contributed by atoms with Gasteiger partial charge < -0.3 is 9.88 Å². The number of amides is 1. The molecule has 1 heterocycles. The SMILES string of the molecule is CCCc1cc(=O)[nH]c(SC(C)C(=O)N(CC)Cc2ccccc2)n1.